The van der Waals surface area contributed by atoms with Crippen LogP contribution in [0.15, 0.2) is 47.1 Å². The Kier molecular flexibility index (Phi) is 5.60. The molecular formula is C13H15ClNO2-. The smallest absolute Gasteiger partial charge is 0.118 e. The molecule has 0 fully saturated rings. The first-order chi connectivity index (χ1) is 7.88. The summed E-state index contributed by atoms with van der Waals surface area (Å²) < 4.78 is 10.3. The Labute approximate surface area is 107 Å². The molecule has 1 N–H and O–H groups in total. The first kappa shape index (κ1) is 13.6. The Morgan fingerprint density at radius 3 is 2.47 bits per heavy atom. The molecule has 1 heterocycles. The second-order valence-corrected chi connectivity index (χ2v) is 3.53. The highest BCUT2D eigenvalue weighted by Crippen LogP contribution is 2.11. The number of hydrogen-bond donors (Lipinski definition) is 1. The van der Waals surface area contributed by atoms with Crippen LogP contribution in [0.4, 0.5) is 0 Å². The average molecular weight is 253 g/mol. The first-order valence-corrected chi connectivity index (χ1v) is 5.24. The van der Waals surface area contributed by atoms with Crippen molar-refractivity contribution in [2.45, 2.75) is 13.1 Å². The third-order valence-corrected chi connectivity index (χ3v) is 2.37. The van der Waals surface area contributed by atoms with Gasteiger partial charge in [-0.2, -0.15) is 0 Å². The van der Waals surface area contributed by atoms with Crippen molar-refractivity contribution in [1.82, 2.24) is 5.32 Å². The molecule has 2 aromatic rings. The van der Waals surface area contributed by atoms with Gasteiger partial charge >= 0.3 is 0 Å². The summed E-state index contributed by atoms with van der Waals surface area (Å²) in [6, 6.07) is 11.9. The van der Waals surface area contributed by atoms with Crippen LogP contribution in [0, 0.1) is 0 Å². The molecule has 0 saturated carbocycles. The third-order valence-electron chi connectivity index (χ3n) is 2.37. The summed E-state index contributed by atoms with van der Waals surface area (Å²) in [5, 5.41) is 3.31. The standard InChI is InChI=1S/C13H15NO2.ClH/c1-15-12-6-4-11(5-7-12)9-14-10-13-3-2-8-16-13;/h2-8,14H,9-10H2,1H3;1H/p-1. The van der Waals surface area contributed by atoms with Gasteiger partial charge in [0, 0.05) is 6.54 Å². The summed E-state index contributed by atoms with van der Waals surface area (Å²) in [4.78, 5) is 0. The van der Waals surface area contributed by atoms with E-state index in [-0.39, 0.29) is 12.4 Å². The van der Waals surface area contributed by atoms with Crippen molar-refractivity contribution in [2.24, 2.45) is 0 Å². The second kappa shape index (κ2) is 6.99. The number of nitrogens with one attached hydrogen (secondary N) is 1. The van der Waals surface area contributed by atoms with Crippen LogP contribution in [0.25, 0.3) is 0 Å². The van der Waals surface area contributed by atoms with E-state index in [0.29, 0.717) is 0 Å². The van der Waals surface area contributed by atoms with Crippen LogP contribution in [-0.2, 0) is 13.1 Å². The van der Waals surface area contributed by atoms with Gasteiger partial charge in [-0.1, -0.05) is 12.1 Å². The molecule has 0 spiro atoms. The summed E-state index contributed by atoms with van der Waals surface area (Å²) >= 11 is 0. The highest BCUT2D eigenvalue weighted by Gasteiger charge is 1.96. The van der Waals surface area contributed by atoms with E-state index >= 15 is 0 Å². The van der Waals surface area contributed by atoms with Crippen LogP contribution in [0.2, 0.25) is 0 Å². The molecule has 0 aliphatic rings. The highest BCUT2D eigenvalue weighted by atomic mass is 35.5. The molecule has 0 bridgehead atoms. The van der Waals surface area contributed by atoms with Gasteiger partial charge in [-0.3, -0.25) is 0 Å². The summed E-state index contributed by atoms with van der Waals surface area (Å²) in [7, 11) is 1.67. The van der Waals surface area contributed by atoms with Crippen molar-refractivity contribution in [1.29, 1.82) is 0 Å². The van der Waals surface area contributed by atoms with Crippen molar-refractivity contribution >= 4 is 0 Å². The first-order valence-electron chi connectivity index (χ1n) is 5.24. The predicted molar refractivity (Wildman–Crippen MR) is 62.2 cm³/mol. The van der Waals surface area contributed by atoms with E-state index in [1.54, 1.807) is 13.4 Å². The largest absolute Gasteiger partial charge is 1.00 e. The fraction of sp³-hybridized carbons (Fsp3) is 0.231. The van der Waals surface area contributed by atoms with Crippen LogP contribution in [0.5, 0.6) is 5.75 Å². The maximum absolute atomic E-state index is 5.23. The van der Waals surface area contributed by atoms with Crippen LogP contribution in [-0.4, -0.2) is 7.11 Å². The zero-order chi connectivity index (χ0) is 11.2. The van der Waals surface area contributed by atoms with Crippen molar-refractivity contribution in [2.75, 3.05) is 7.11 Å². The SMILES string of the molecule is COc1ccc(CNCc2ccco2)cc1.[Cl-]. The van der Waals surface area contributed by atoms with Gasteiger partial charge in [-0.05, 0) is 29.8 Å². The minimum atomic E-state index is 0. The molecule has 3 nitrogen and oxygen atoms in total. The molecule has 0 unspecified atom stereocenters. The lowest BCUT2D eigenvalue weighted by molar-refractivity contribution is -0.00000412. The van der Waals surface area contributed by atoms with Crippen molar-refractivity contribution in [3.63, 3.8) is 0 Å². The molecule has 0 aliphatic carbocycles. The molecule has 1 aromatic heterocycles. The van der Waals surface area contributed by atoms with Gasteiger partial charge in [0.15, 0.2) is 0 Å². The lowest BCUT2D eigenvalue weighted by atomic mass is 10.2. The van der Waals surface area contributed by atoms with E-state index in [9.17, 15) is 0 Å². The number of ether oxygens (including phenoxy) is 1. The summed E-state index contributed by atoms with van der Waals surface area (Å²) in [6.07, 6.45) is 1.68. The molecule has 0 saturated heterocycles. The van der Waals surface area contributed by atoms with Crippen LogP contribution in [0.3, 0.4) is 0 Å². The fourth-order valence-corrected chi connectivity index (χ4v) is 1.49. The number of furan rings is 1. The number of halogens is 1. The van der Waals surface area contributed by atoms with Gasteiger partial charge in [-0.25, -0.2) is 0 Å². The molecular weight excluding hydrogens is 238 g/mol. The molecule has 92 valence electrons. The lowest BCUT2D eigenvalue weighted by Crippen LogP contribution is -3.00. The van der Waals surface area contributed by atoms with Gasteiger partial charge in [-0.15, -0.1) is 0 Å². The Hall–Kier alpha value is -1.45. The summed E-state index contributed by atoms with van der Waals surface area (Å²) in [5.74, 6) is 1.84. The van der Waals surface area contributed by atoms with E-state index in [1.165, 1.54) is 5.56 Å². The van der Waals surface area contributed by atoms with Crippen molar-refractivity contribution < 1.29 is 21.6 Å². The topological polar surface area (TPSA) is 34.4 Å². The predicted octanol–water partition coefficient (Wildman–Crippen LogP) is -0.418. The van der Waals surface area contributed by atoms with E-state index in [1.807, 2.05) is 36.4 Å². The van der Waals surface area contributed by atoms with Gasteiger partial charge in [0.2, 0.25) is 0 Å². The van der Waals surface area contributed by atoms with E-state index in [2.05, 4.69) is 5.32 Å². The van der Waals surface area contributed by atoms with Gasteiger partial charge in [0.25, 0.3) is 0 Å². The minimum Gasteiger partial charge on any atom is -1.00 e. The Morgan fingerprint density at radius 2 is 1.88 bits per heavy atom. The normalized spacial score (nSPS) is 9.71. The van der Waals surface area contributed by atoms with Crippen LogP contribution < -0.4 is 22.5 Å². The zero-order valence-electron chi connectivity index (χ0n) is 9.65. The Bertz CT molecular complexity index is 411. The van der Waals surface area contributed by atoms with E-state index in [4.69, 9.17) is 9.15 Å². The van der Waals surface area contributed by atoms with E-state index in [0.717, 1.165) is 24.6 Å². The quantitative estimate of drug-likeness (QED) is 0.785. The molecule has 17 heavy (non-hydrogen) atoms. The number of hydrogen-bond acceptors (Lipinski definition) is 3. The average Bonchev–Trinajstić information content (AvgIpc) is 2.83. The number of benzene rings is 1. The van der Waals surface area contributed by atoms with Crippen molar-refractivity contribution in [3.05, 3.63) is 54.0 Å². The van der Waals surface area contributed by atoms with Gasteiger partial charge in [0.1, 0.15) is 11.5 Å². The lowest BCUT2D eigenvalue weighted by Gasteiger charge is -2.04. The minimum absolute atomic E-state index is 0. The van der Waals surface area contributed by atoms with Gasteiger partial charge in [0.05, 0.1) is 19.9 Å². The second-order valence-electron chi connectivity index (χ2n) is 3.53. The molecule has 2 rings (SSSR count). The molecule has 0 aliphatic heterocycles. The number of rotatable bonds is 5. The van der Waals surface area contributed by atoms with Crippen molar-refractivity contribution in [3.8, 4) is 5.75 Å². The summed E-state index contributed by atoms with van der Waals surface area (Å²) in [5.41, 5.74) is 1.23. The van der Waals surface area contributed by atoms with E-state index < -0.39 is 0 Å². The van der Waals surface area contributed by atoms with Crippen LogP contribution in [0.1, 0.15) is 11.3 Å². The van der Waals surface area contributed by atoms with Gasteiger partial charge < -0.3 is 26.9 Å². The Balaban J connectivity index is 0.00000144. The highest BCUT2D eigenvalue weighted by molar-refractivity contribution is 5.27. The summed E-state index contributed by atoms with van der Waals surface area (Å²) in [6.45, 7) is 1.57. The molecule has 0 amide bonds. The Morgan fingerprint density at radius 1 is 1.12 bits per heavy atom. The number of methoxy groups -OCH3 is 1. The molecule has 1 aromatic carbocycles. The maximum atomic E-state index is 5.23. The zero-order valence-corrected chi connectivity index (χ0v) is 10.4. The maximum Gasteiger partial charge on any atom is 0.118 e. The molecule has 0 radical (unpaired) electrons. The molecule has 0 atom stereocenters. The third kappa shape index (κ3) is 4.13. The van der Waals surface area contributed by atoms with Crippen LogP contribution >= 0.6 is 0 Å². The molecule has 4 heteroatoms. The fourth-order valence-electron chi connectivity index (χ4n) is 1.49. The monoisotopic (exact) mass is 252 g/mol.